The average molecular weight is 356 g/mol. The quantitative estimate of drug-likeness (QED) is 0.663. The molecule has 0 fully saturated rings. The van der Waals surface area contributed by atoms with Crippen LogP contribution < -0.4 is 0 Å². The van der Waals surface area contributed by atoms with E-state index < -0.39 is 0 Å². The molecule has 19 heavy (non-hydrogen) atoms. The number of imidazole rings is 1. The van der Waals surface area contributed by atoms with Gasteiger partial charge in [0.05, 0.1) is 11.0 Å². The second-order valence-electron chi connectivity index (χ2n) is 3.94. The van der Waals surface area contributed by atoms with Crippen molar-refractivity contribution in [2.24, 2.45) is 0 Å². The second kappa shape index (κ2) is 6.46. The first kappa shape index (κ1) is 14.4. The third-order valence-corrected chi connectivity index (χ3v) is 3.98. The van der Waals surface area contributed by atoms with Crippen molar-refractivity contribution in [3.05, 3.63) is 59.1 Å². The largest absolute Gasteiger partial charge is 0.333 e. The summed E-state index contributed by atoms with van der Waals surface area (Å²) in [4.78, 5) is 7.82. The van der Waals surface area contributed by atoms with Crippen LogP contribution in [0.3, 0.4) is 0 Å². The maximum absolute atomic E-state index is 6.13. The smallest absolute Gasteiger partial charge is 0.166 e. The first-order chi connectivity index (χ1) is 8.83. The van der Waals surface area contributed by atoms with Gasteiger partial charge in [0.1, 0.15) is 0 Å². The highest BCUT2D eigenvalue weighted by atomic mass is 79.9. The zero-order chi connectivity index (χ0) is 12.4. The molecule has 0 aliphatic carbocycles. The molecule has 98 valence electrons. The number of hydrogen-bond acceptors (Lipinski definition) is 2. The maximum Gasteiger partial charge on any atom is 0.166 e. The Morgan fingerprint density at radius 2 is 1.79 bits per heavy atom. The van der Waals surface area contributed by atoms with Gasteiger partial charge in [0.25, 0.3) is 0 Å². The van der Waals surface area contributed by atoms with E-state index in [1.807, 2.05) is 48.5 Å². The van der Waals surface area contributed by atoms with Crippen molar-refractivity contribution in [3.63, 3.8) is 0 Å². The molecular weight excluding hydrogens is 344 g/mol. The lowest BCUT2D eigenvalue weighted by Crippen LogP contribution is -1.82. The summed E-state index contributed by atoms with van der Waals surface area (Å²) in [6, 6.07) is 15.9. The van der Waals surface area contributed by atoms with E-state index in [0.717, 1.165) is 32.5 Å². The Morgan fingerprint density at radius 1 is 1.05 bits per heavy atom. The summed E-state index contributed by atoms with van der Waals surface area (Å²) in [6.07, 6.45) is 0. The standard InChI is InChI=1S/C14H11ClN2S.BrH/c15-11-6-2-1-5-10(11)9-18-14-16-12-7-3-4-8-13(12)17-14;/h1-8H,9H2,(H,16,17);1H. The van der Waals surface area contributed by atoms with Crippen molar-refractivity contribution in [2.45, 2.75) is 10.9 Å². The van der Waals surface area contributed by atoms with E-state index in [9.17, 15) is 0 Å². The van der Waals surface area contributed by atoms with Crippen molar-refractivity contribution >= 4 is 51.4 Å². The molecule has 0 radical (unpaired) electrons. The number of thioether (sulfide) groups is 1. The third-order valence-electron chi connectivity index (χ3n) is 2.69. The van der Waals surface area contributed by atoms with Crippen LogP contribution in [0.1, 0.15) is 5.56 Å². The predicted octanol–water partition coefficient (Wildman–Crippen LogP) is 5.09. The topological polar surface area (TPSA) is 28.7 Å². The Hall–Kier alpha value is -0.970. The van der Waals surface area contributed by atoms with Crippen LogP contribution >= 0.6 is 40.3 Å². The molecule has 0 atom stereocenters. The van der Waals surface area contributed by atoms with E-state index in [1.165, 1.54) is 0 Å². The molecule has 0 saturated carbocycles. The fourth-order valence-corrected chi connectivity index (χ4v) is 2.93. The van der Waals surface area contributed by atoms with Gasteiger partial charge < -0.3 is 4.98 Å². The summed E-state index contributed by atoms with van der Waals surface area (Å²) in [5.74, 6) is 0.819. The fourth-order valence-electron chi connectivity index (χ4n) is 1.76. The van der Waals surface area contributed by atoms with Crippen molar-refractivity contribution < 1.29 is 0 Å². The first-order valence-corrected chi connectivity index (χ1v) is 7.00. The molecule has 2 nitrogen and oxygen atoms in total. The molecule has 1 heterocycles. The minimum Gasteiger partial charge on any atom is -0.333 e. The SMILES string of the molecule is Br.Clc1ccccc1CSc1nc2ccccc2[nH]1. The number of fused-ring (bicyclic) bond motifs is 1. The van der Waals surface area contributed by atoms with Gasteiger partial charge in [0, 0.05) is 10.8 Å². The molecular formula is C14H12BrClN2S. The Balaban J connectivity index is 0.00000133. The Labute approximate surface area is 131 Å². The van der Waals surface area contributed by atoms with Crippen molar-refractivity contribution in [1.29, 1.82) is 0 Å². The summed E-state index contributed by atoms with van der Waals surface area (Å²) < 4.78 is 0. The number of nitrogens with zero attached hydrogens (tertiary/aromatic N) is 1. The van der Waals surface area contributed by atoms with Crippen LogP contribution in [0.25, 0.3) is 11.0 Å². The first-order valence-electron chi connectivity index (χ1n) is 5.64. The van der Waals surface area contributed by atoms with Crippen LogP contribution in [0, 0.1) is 0 Å². The normalized spacial score (nSPS) is 10.4. The van der Waals surface area contributed by atoms with E-state index in [4.69, 9.17) is 11.6 Å². The number of para-hydroxylation sites is 2. The number of hydrogen-bond donors (Lipinski definition) is 1. The molecule has 0 amide bonds. The number of aromatic nitrogens is 2. The highest BCUT2D eigenvalue weighted by Crippen LogP contribution is 2.26. The van der Waals surface area contributed by atoms with E-state index >= 15 is 0 Å². The fraction of sp³-hybridized carbons (Fsp3) is 0.0714. The number of aromatic amines is 1. The van der Waals surface area contributed by atoms with Gasteiger partial charge in [0.15, 0.2) is 5.16 Å². The van der Waals surface area contributed by atoms with Crippen LogP contribution in [0.4, 0.5) is 0 Å². The van der Waals surface area contributed by atoms with Crippen molar-refractivity contribution in [2.75, 3.05) is 0 Å². The zero-order valence-corrected chi connectivity index (χ0v) is 13.3. The van der Waals surface area contributed by atoms with Gasteiger partial charge in [-0.25, -0.2) is 4.98 Å². The van der Waals surface area contributed by atoms with Crippen LogP contribution in [0.15, 0.2) is 53.7 Å². The molecule has 0 aliphatic heterocycles. The van der Waals surface area contributed by atoms with Gasteiger partial charge in [-0.1, -0.05) is 53.7 Å². The van der Waals surface area contributed by atoms with E-state index in [2.05, 4.69) is 9.97 Å². The summed E-state index contributed by atoms with van der Waals surface area (Å²) in [5, 5.41) is 1.73. The van der Waals surface area contributed by atoms with Gasteiger partial charge in [-0.15, -0.1) is 17.0 Å². The van der Waals surface area contributed by atoms with Crippen LogP contribution in [-0.4, -0.2) is 9.97 Å². The second-order valence-corrected chi connectivity index (χ2v) is 5.31. The number of benzene rings is 2. The van der Waals surface area contributed by atoms with Crippen LogP contribution in [0.2, 0.25) is 5.02 Å². The summed E-state index contributed by atoms with van der Waals surface area (Å²) >= 11 is 7.79. The Morgan fingerprint density at radius 3 is 2.58 bits per heavy atom. The van der Waals surface area contributed by atoms with E-state index in [0.29, 0.717) is 0 Å². The monoisotopic (exact) mass is 354 g/mol. The number of H-pyrrole nitrogens is 1. The molecule has 1 N–H and O–H groups in total. The van der Waals surface area contributed by atoms with E-state index in [-0.39, 0.29) is 17.0 Å². The zero-order valence-electron chi connectivity index (χ0n) is 9.97. The van der Waals surface area contributed by atoms with Gasteiger partial charge in [-0.2, -0.15) is 0 Å². The lowest BCUT2D eigenvalue weighted by atomic mass is 10.2. The molecule has 2 aromatic carbocycles. The minimum absolute atomic E-state index is 0. The van der Waals surface area contributed by atoms with Crippen LogP contribution in [-0.2, 0) is 5.75 Å². The highest BCUT2D eigenvalue weighted by Gasteiger charge is 2.04. The summed E-state index contributed by atoms with van der Waals surface area (Å²) in [7, 11) is 0. The summed E-state index contributed by atoms with van der Waals surface area (Å²) in [5.41, 5.74) is 3.20. The lowest BCUT2D eigenvalue weighted by molar-refractivity contribution is 1.08. The van der Waals surface area contributed by atoms with Gasteiger partial charge in [0.2, 0.25) is 0 Å². The molecule has 0 saturated heterocycles. The third kappa shape index (κ3) is 3.32. The Bertz CT molecular complexity index is 651. The molecule has 0 aliphatic rings. The maximum atomic E-state index is 6.13. The molecule has 0 unspecified atom stereocenters. The molecule has 0 bridgehead atoms. The number of rotatable bonds is 3. The molecule has 1 aromatic heterocycles. The molecule has 3 rings (SSSR count). The lowest BCUT2D eigenvalue weighted by Gasteiger charge is -2.01. The van der Waals surface area contributed by atoms with E-state index in [1.54, 1.807) is 11.8 Å². The summed E-state index contributed by atoms with van der Waals surface area (Å²) in [6.45, 7) is 0. The minimum atomic E-state index is 0. The van der Waals surface area contributed by atoms with Gasteiger partial charge in [-0.3, -0.25) is 0 Å². The van der Waals surface area contributed by atoms with Gasteiger partial charge >= 0.3 is 0 Å². The molecule has 3 aromatic rings. The van der Waals surface area contributed by atoms with Crippen LogP contribution in [0.5, 0.6) is 0 Å². The van der Waals surface area contributed by atoms with Crippen molar-refractivity contribution in [3.8, 4) is 0 Å². The number of halogens is 2. The molecule has 0 spiro atoms. The Kier molecular flexibility index (Phi) is 4.91. The van der Waals surface area contributed by atoms with Crippen molar-refractivity contribution in [1.82, 2.24) is 9.97 Å². The highest BCUT2D eigenvalue weighted by molar-refractivity contribution is 8.93. The number of nitrogens with one attached hydrogen (secondary N) is 1. The predicted molar refractivity (Wildman–Crippen MR) is 87.4 cm³/mol. The van der Waals surface area contributed by atoms with Gasteiger partial charge in [-0.05, 0) is 23.8 Å². The average Bonchev–Trinajstić information content (AvgIpc) is 2.80. The molecule has 5 heteroatoms.